The highest BCUT2D eigenvalue weighted by molar-refractivity contribution is 5.87. The number of nitrogens with one attached hydrogen (secondary N) is 1. The summed E-state index contributed by atoms with van der Waals surface area (Å²) in [6.07, 6.45) is 0. The van der Waals surface area contributed by atoms with Crippen molar-refractivity contribution in [3.63, 3.8) is 0 Å². The van der Waals surface area contributed by atoms with Crippen LogP contribution in [0.4, 0.5) is 4.39 Å². The summed E-state index contributed by atoms with van der Waals surface area (Å²) in [5.74, 6) is -1.77. The Bertz CT molecular complexity index is 697. The third-order valence-electron chi connectivity index (χ3n) is 2.85. The van der Waals surface area contributed by atoms with Crippen LogP contribution in [-0.2, 0) is 0 Å². The number of aromatic nitrogens is 2. The van der Waals surface area contributed by atoms with Gasteiger partial charge in [-0.15, -0.1) is 0 Å². The molecule has 8 heteroatoms. The summed E-state index contributed by atoms with van der Waals surface area (Å²) in [5, 5.41) is 15.0. The highest BCUT2D eigenvalue weighted by Gasteiger charge is 2.27. The normalized spacial score (nSPS) is 12.5. The number of methoxy groups -OCH3 is 1. The minimum atomic E-state index is -1.16. The van der Waals surface area contributed by atoms with E-state index >= 15 is 0 Å². The molecule has 1 aliphatic heterocycles. The quantitative estimate of drug-likeness (QED) is 0.887. The zero-order valence-corrected chi connectivity index (χ0v) is 10.3. The van der Waals surface area contributed by atoms with Crippen LogP contribution >= 0.6 is 0 Å². The lowest BCUT2D eigenvalue weighted by molar-refractivity contribution is 0.0690. The van der Waals surface area contributed by atoms with Gasteiger partial charge in [0.2, 0.25) is 18.4 Å². The number of nitrogens with zero attached hydrogens (tertiary/aromatic N) is 1. The molecule has 0 amide bonds. The maximum absolute atomic E-state index is 14.2. The predicted molar refractivity (Wildman–Crippen MR) is 63.6 cm³/mol. The zero-order chi connectivity index (χ0) is 14.3. The van der Waals surface area contributed by atoms with Crippen LogP contribution in [0.2, 0.25) is 0 Å². The molecular weight excluding hydrogens is 271 g/mol. The Morgan fingerprint density at radius 1 is 1.50 bits per heavy atom. The van der Waals surface area contributed by atoms with Gasteiger partial charge in [-0.2, -0.15) is 9.49 Å². The molecule has 7 nitrogen and oxygen atoms in total. The Balaban J connectivity index is 2.17. The van der Waals surface area contributed by atoms with Crippen LogP contribution in [0.1, 0.15) is 10.5 Å². The molecular formula is C12H9FN2O5. The van der Waals surface area contributed by atoms with Gasteiger partial charge in [0.1, 0.15) is 5.69 Å². The summed E-state index contributed by atoms with van der Waals surface area (Å²) < 4.78 is 29.3. The fourth-order valence-corrected chi connectivity index (χ4v) is 1.94. The lowest BCUT2D eigenvalue weighted by atomic mass is 10.1. The summed E-state index contributed by atoms with van der Waals surface area (Å²) in [6, 6.07) is 2.77. The summed E-state index contributed by atoms with van der Waals surface area (Å²) in [5.41, 5.74) is 0.398. The first-order chi connectivity index (χ1) is 9.61. The molecule has 0 fully saturated rings. The molecule has 2 N–H and O–H groups in total. The average Bonchev–Trinajstić information content (AvgIpc) is 3.07. The van der Waals surface area contributed by atoms with Crippen molar-refractivity contribution in [1.82, 2.24) is 10.2 Å². The number of halogens is 1. The van der Waals surface area contributed by atoms with Crippen LogP contribution in [0.5, 0.6) is 17.2 Å². The number of aromatic amines is 1. The largest absolute Gasteiger partial charge is 0.493 e. The summed E-state index contributed by atoms with van der Waals surface area (Å²) >= 11 is 0. The topological polar surface area (TPSA) is 93.7 Å². The van der Waals surface area contributed by atoms with Crippen molar-refractivity contribution in [1.29, 1.82) is 0 Å². The van der Waals surface area contributed by atoms with Gasteiger partial charge < -0.3 is 19.3 Å². The maximum atomic E-state index is 14.2. The molecule has 1 aliphatic rings. The van der Waals surface area contributed by atoms with Gasteiger partial charge in [0.05, 0.1) is 18.4 Å². The second kappa shape index (κ2) is 4.41. The minimum absolute atomic E-state index is 0.0282. The number of fused-ring (bicyclic) bond motifs is 1. The molecule has 0 saturated heterocycles. The van der Waals surface area contributed by atoms with Crippen molar-refractivity contribution < 1.29 is 28.5 Å². The Labute approximate surface area is 111 Å². The van der Waals surface area contributed by atoms with Gasteiger partial charge in [-0.3, -0.25) is 5.10 Å². The van der Waals surface area contributed by atoms with Gasteiger partial charge in [0.15, 0.2) is 11.5 Å². The third-order valence-corrected chi connectivity index (χ3v) is 2.85. The van der Waals surface area contributed by atoms with Gasteiger partial charge >= 0.3 is 5.97 Å². The van der Waals surface area contributed by atoms with Crippen molar-refractivity contribution >= 4 is 5.97 Å². The van der Waals surface area contributed by atoms with E-state index in [-0.39, 0.29) is 41.0 Å². The summed E-state index contributed by atoms with van der Waals surface area (Å²) in [4.78, 5) is 10.8. The fraction of sp³-hybridized carbons (Fsp3) is 0.167. The number of benzene rings is 1. The number of H-pyrrole nitrogens is 1. The number of rotatable bonds is 3. The van der Waals surface area contributed by atoms with Gasteiger partial charge in [-0.05, 0) is 12.1 Å². The SMILES string of the molecule is COc1c(-c2cc(C(=O)O)[nH]n2)cc2c(c1F)OCO2. The van der Waals surface area contributed by atoms with E-state index in [1.165, 1.54) is 19.2 Å². The lowest BCUT2D eigenvalue weighted by Crippen LogP contribution is -1.95. The van der Waals surface area contributed by atoms with Crippen LogP contribution in [0.3, 0.4) is 0 Å². The molecule has 20 heavy (non-hydrogen) atoms. The third kappa shape index (κ3) is 1.73. The van der Waals surface area contributed by atoms with Gasteiger partial charge in [0.25, 0.3) is 0 Å². The van der Waals surface area contributed by atoms with E-state index in [2.05, 4.69) is 10.2 Å². The van der Waals surface area contributed by atoms with Crippen LogP contribution in [0.25, 0.3) is 11.3 Å². The van der Waals surface area contributed by atoms with E-state index in [9.17, 15) is 9.18 Å². The van der Waals surface area contributed by atoms with E-state index in [1.807, 2.05) is 0 Å². The Kier molecular flexibility index (Phi) is 2.70. The number of carboxylic acid groups (broad SMARTS) is 1. The smallest absolute Gasteiger partial charge is 0.353 e. The van der Waals surface area contributed by atoms with Crippen molar-refractivity contribution in [3.05, 3.63) is 23.6 Å². The van der Waals surface area contributed by atoms with Crippen molar-refractivity contribution in [2.45, 2.75) is 0 Å². The number of ether oxygens (including phenoxy) is 3. The monoisotopic (exact) mass is 280 g/mol. The number of hydrogen-bond acceptors (Lipinski definition) is 5. The Morgan fingerprint density at radius 2 is 2.30 bits per heavy atom. The van der Waals surface area contributed by atoms with Crippen LogP contribution in [0.15, 0.2) is 12.1 Å². The second-order valence-corrected chi connectivity index (χ2v) is 3.98. The molecule has 104 valence electrons. The standard InChI is InChI=1S/C12H9FN2O5/c1-18-10-5(6-3-7(12(16)17)15-14-6)2-8-11(9(10)13)20-4-19-8/h2-3H,4H2,1H3,(H,14,15)(H,16,17). The van der Waals surface area contributed by atoms with E-state index in [0.29, 0.717) is 0 Å². The molecule has 2 aromatic rings. The molecule has 0 spiro atoms. The molecule has 0 atom stereocenters. The molecule has 1 aromatic heterocycles. The molecule has 0 radical (unpaired) electrons. The van der Waals surface area contributed by atoms with E-state index in [1.54, 1.807) is 0 Å². The first kappa shape index (κ1) is 12.3. The van der Waals surface area contributed by atoms with Crippen LogP contribution in [-0.4, -0.2) is 35.2 Å². The highest BCUT2D eigenvalue weighted by Crippen LogP contribution is 2.45. The molecule has 0 unspecified atom stereocenters. The molecule has 0 saturated carbocycles. The van der Waals surface area contributed by atoms with Gasteiger partial charge in [-0.25, -0.2) is 4.79 Å². The highest BCUT2D eigenvalue weighted by atomic mass is 19.1. The number of aromatic carboxylic acids is 1. The molecule has 0 bridgehead atoms. The van der Waals surface area contributed by atoms with E-state index in [4.69, 9.17) is 19.3 Å². The lowest BCUT2D eigenvalue weighted by Gasteiger charge is -2.09. The van der Waals surface area contributed by atoms with Crippen molar-refractivity contribution in [2.24, 2.45) is 0 Å². The number of carbonyl (C=O) groups is 1. The summed E-state index contributed by atoms with van der Waals surface area (Å²) in [7, 11) is 1.30. The van der Waals surface area contributed by atoms with Gasteiger partial charge in [0, 0.05) is 0 Å². The summed E-state index contributed by atoms with van der Waals surface area (Å²) in [6.45, 7) is -0.0835. The van der Waals surface area contributed by atoms with Crippen molar-refractivity contribution in [3.8, 4) is 28.5 Å². The number of hydrogen-bond donors (Lipinski definition) is 2. The van der Waals surface area contributed by atoms with Crippen LogP contribution in [0, 0.1) is 5.82 Å². The first-order valence-electron chi connectivity index (χ1n) is 5.57. The number of carboxylic acids is 1. The van der Waals surface area contributed by atoms with Crippen LogP contribution < -0.4 is 14.2 Å². The molecule has 0 aliphatic carbocycles. The molecule has 1 aromatic carbocycles. The zero-order valence-electron chi connectivity index (χ0n) is 10.3. The Hall–Kier alpha value is -2.77. The predicted octanol–water partition coefficient (Wildman–Crippen LogP) is 1.65. The van der Waals surface area contributed by atoms with Crippen molar-refractivity contribution in [2.75, 3.05) is 13.9 Å². The Morgan fingerprint density at radius 3 is 2.95 bits per heavy atom. The first-order valence-corrected chi connectivity index (χ1v) is 5.57. The maximum Gasteiger partial charge on any atom is 0.353 e. The van der Waals surface area contributed by atoms with E-state index in [0.717, 1.165) is 0 Å². The average molecular weight is 280 g/mol. The minimum Gasteiger partial charge on any atom is -0.493 e. The fourth-order valence-electron chi connectivity index (χ4n) is 1.94. The second-order valence-electron chi connectivity index (χ2n) is 3.98. The molecule has 3 rings (SSSR count). The van der Waals surface area contributed by atoms with E-state index < -0.39 is 11.8 Å². The van der Waals surface area contributed by atoms with Gasteiger partial charge in [-0.1, -0.05) is 0 Å². The molecule has 2 heterocycles.